The number of sulfone groups is 1. The van der Waals surface area contributed by atoms with Crippen LogP contribution in [0, 0.1) is 5.92 Å². The van der Waals surface area contributed by atoms with Gasteiger partial charge in [-0.3, -0.25) is 4.90 Å². The molecule has 2 aliphatic rings. The summed E-state index contributed by atoms with van der Waals surface area (Å²) in [5, 5.41) is 9.61. The second-order valence-electron chi connectivity index (χ2n) is 7.91. The minimum absolute atomic E-state index is 0.135. The molecule has 4 rings (SSSR count). The molecule has 0 amide bonds. The van der Waals surface area contributed by atoms with Crippen LogP contribution in [0.1, 0.15) is 12.0 Å². The summed E-state index contributed by atoms with van der Waals surface area (Å²) in [5.74, 6) is -2.31. The van der Waals surface area contributed by atoms with Crippen molar-refractivity contribution in [3.63, 3.8) is 0 Å². The molecule has 1 N–H and O–H groups in total. The van der Waals surface area contributed by atoms with E-state index in [1.807, 2.05) is 6.07 Å². The van der Waals surface area contributed by atoms with Crippen LogP contribution in [0.4, 0.5) is 13.2 Å². The zero-order valence-electron chi connectivity index (χ0n) is 16.9. The van der Waals surface area contributed by atoms with E-state index in [1.165, 1.54) is 16.3 Å². The van der Waals surface area contributed by atoms with Crippen LogP contribution in [0.5, 0.6) is 0 Å². The van der Waals surface area contributed by atoms with Gasteiger partial charge in [-0.1, -0.05) is 42.5 Å². The summed E-state index contributed by atoms with van der Waals surface area (Å²) in [5.41, 5.74) is 1.27. The largest absolute Gasteiger partial charge is 0.490 e. The third kappa shape index (κ3) is 4.70. The molecular formula is C21H24F3NO5S. The summed E-state index contributed by atoms with van der Waals surface area (Å²) in [6, 6.07) is 14.7. The first-order valence-electron chi connectivity index (χ1n) is 9.70. The number of carboxylic acid groups (broad SMARTS) is 1. The van der Waals surface area contributed by atoms with Crippen molar-refractivity contribution in [2.45, 2.75) is 23.9 Å². The van der Waals surface area contributed by atoms with Gasteiger partial charge >= 0.3 is 12.1 Å². The number of aliphatic carboxylic acids is 1. The number of halogens is 3. The summed E-state index contributed by atoms with van der Waals surface area (Å²) in [6.07, 6.45) is -4.35. The number of methoxy groups -OCH3 is 1. The molecule has 10 heteroatoms. The van der Waals surface area contributed by atoms with Crippen molar-refractivity contribution in [1.82, 2.24) is 4.90 Å². The fourth-order valence-electron chi connectivity index (χ4n) is 4.40. The maximum absolute atomic E-state index is 12.6. The molecule has 2 aliphatic heterocycles. The Bertz CT molecular complexity index is 1040. The molecule has 0 aromatic heterocycles. The number of likely N-dealkylation sites (tertiary alicyclic amines) is 1. The van der Waals surface area contributed by atoms with Crippen molar-refractivity contribution in [1.29, 1.82) is 0 Å². The maximum atomic E-state index is 12.6. The predicted molar refractivity (Wildman–Crippen MR) is 109 cm³/mol. The smallest absolute Gasteiger partial charge is 0.475 e. The van der Waals surface area contributed by atoms with Crippen molar-refractivity contribution in [3.05, 3.63) is 48.0 Å². The summed E-state index contributed by atoms with van der Waals surface area (Å²) in [6.45, 7) is 2.61. The first-order valence-corrected chi connectivity index (χ1v) is 11.4. The third-order valence-electron chi connectivity index (χ3n) is 5.97. The standard InChI is InChI=1S/C19H23NO3S.C2HF3O2/c1-23-12-17-9-10-24(21,22)19(17)13-20(14-19)11-16-7-4-6-15-5-2-3-8-18(15)16;3-2(4,5)1(6)7/h2-8,17H,9-14H2,1H3;(H,6,7). The van der Waals surface area contributed by atoms with Crippen LogP contribution < -0.4 is 0 Å². The average Bonchev–Trinajstić information content (AvgIpc) is 2.93. The molecule has 2 aromatic rings. The fraction of sp³-hybridized carbons (Fsp3) is 0.476. The van der Waals surface area contributed by atoms with E-state index in [1.54, 1.807) is 7.11 Å². The highest BCUT2D eigenvalue weighted by molar-refractivity contribution is 7.93. The third-order valence-corrected chi connectivity index (χ3v) is 8.57. The Balaban J connectivity index is 0.000000339. The molecule has 2 aromatic carbocycles. The van der Waals surface area contributed by atoms with Gasteiger partial charge in [0.25, 0.3) is 0 Å². The number of benzene rings is 2. The summed E-state index contributed by atoms with van der Waals surface area (Å²) >= 11 is 0. The fourth-order valence-corrected chi connectivity index (χ4v) is 6.86. The molecule has 0 saturated carbocycles. The molecule has 1 atom stereocenters. The number of carboxylic acids is 1. The first-order chi connectivity index (χ1) is 14.5. The lowest BCUT2D eigenvalue weighted by Gasteiger charge is -2.50. The SMILES string of the molecule is COCC1CCS(=O)(=O)C12CN(Cc1cccc3ccccc13)C2.O=C(O)C(F)(F)F. The highest BCUT2D eigenvalue weighted by atomic mass is 32.2. The molecule has 1 unspecified atom stereocenters. The van der Waals surface area contributed by atoms with Gasteiger partial charge in [0, 0.05) is 32.7 Å². The van der Waals surface area contributed by atoms with Gasteiger partial charge in [-0.25, -0.2) is 13.2 Å². The average molecular weight is 459 g/mol. The van der Waals surface area contributed by atoms with E-state index >= 15 is 0 Å². The van der Waals surface area contributed by atoms with Crippen LogP contribution in [0.25, 0.3) is 10.8 Å². The Kier molecular flexibility index (Phi) is 6.64. The normalized spacial score (nSPS) is 22.0. The van der Waals surface area contributed by atoms with Crippen LogP contribution >= 0.6 is 0 Å². The van der Waals surface area contributed by atoms with Crippen molar-refractivity contribution in [2.75, 3.05) is 32.6 Å². The Morgan fingerprint density at radius 3 is 2.42 bits per heavy atom. The summed E-state index contributed by atoms with van der Waals surface area (Å²) < 4.78 is 61.6. The lowest BCUT2D eigenvalue weighted by molar-refractivity contribution is -0.192. The maximum Gasteiger partial charge on any atom is 0.490 e. The molecule has 2 heterocycles. The van der Waals surface area contributed by atoms with Crippen LogP contribution in [-0.2, 0) is 25.9 Å². The number of alkyl halides is 3. The van der Waals surface area contributed by atoms with Gasteiger partial charge in [0.15, 0.2) is 9.84 Å². The monoisotopic (exact) mass is 459 g/mol. The molecule has 170 valence electrons. The molecule has 0 aliphatic carbocycles. The van der Waals surface area contributed by atoms with E-state index in [4.69, 9.17) is 14.6 Å². The molecule has 1 spiro atoms. The number of nitrogens with zero attached hydrogens (tertiary/aromatic N) is 1. The van der Waals surface area contributed by atoms with E-state index in [0.717, 1.165) is 13.0 Å². The predicted octanol–water partition coefficient (Wildman–Crippen LogP) is 3.11. The number of carbonyl (C=O) groups is 1. The van der Waals surface area contributed by atoms with E-state index in [9.17, 15) is 21.6 Å². The molecule has 0 bridgehead atoms. The van der Waals surface area contributed by atoms with Gasteiger partial charge in [-0.05, 0) is 22.8 Å². The van der Waals surface area contributed by atoms with E-state index in [2.05, 4.69) is 41.3 Å². The van der Waals surface area contributed by atoms with E-state index in [-0.39, 0.29) is 5.92 Å². The van der Waals surface area contributed by atoms with Crippen LogP contribution in [0.2, 0.25) is 0 Å². The van der Waals surface area contributed by atoms with Crippen molar-refractivity contribution in [2.24, 2.45) is 5.92 Å². The number of hydrogen-bond acceptors (Lipinski definition) is 5. The second-order valence-corrected chi connectivity index (χ2v) is 10.4. The van der Waals surface area contributed by atoms with Gasteiger partial charge in [-0.2, -0.15) is 13.2 Å². The molecule has 2 fully saturated rings. The minimum atomic E-state index is -5.08. The number of rotatable bonds is 4. The molecular weight excluding hydrogens is 435 g/mol. The van der Waals surface area contributed by atoms with Gasteiger partial charge in [0.2, 0.25) is 0 Å². The van der Waals surface area contributed by atoms with Gasteiger partial charge in [0.05, 0.1) is 12.4 Å². The lowest BCUT2D eigenvalue weighted by Crippen LogP contribution is -2.67. The topological polar surface area (TPSA) is 83.9 Å². The zero-order chi connectivity index (χ0) is 22.9. The Hall–Kier alpha value is -2.17. The zero-order valence-corrected chi connectivity index (χ0v) is 17.7. The summed E-state index contributed by atoms with van der Waals surface area (Å²) in [7, 11) is -1.35. The number of hydrogen-bond donors (Lipinski definition) is 1. The van der Waals surface area contributed by atoms with Crippen molar-refractivity contribution >= 4 is 26.6 Å². The van der Waals surface area contributed by atoms with Crippen molar-refractivity contribution < 1.29 is 36.2 Å². The lowest BCUT2D eigenvalue weighted by atomic mass is 9.83. The Morgan fingerprint density at radius 2 is 1.81 bits per heavy atom. The second kappa shape index (κ2) is 8.76. The minimum Gasteiger partial charge on any atom is -0.475 e. The van der Waals surface area contributed by atoms with Crippen LogP contribution in [0.3, 0.4) is 0 Å². The quantitative estimate of drug-likeness (QED) is 0.757. The van der Waals surface area contributed by atoms with E-state index in [0.29, 0.717) is 25.4 Å². The first kappa shape index (κ1) is 23.5. The highest BCUT2D eigenvalue weighted by Gasteiger charge is 2.61. The van der Waals surface area contributed by atoms with Gasteiger partial charge < -0.3 is 9.84 Å². The Labute approximate surface area is 178 Å². The van der Waals surface area contributed by atoms with Crippen molar-refractivity contribution in [3.8, 4) is 0 Å². The summed E-state index contributed by atoms with van der Waals surface area (Å²) in [4.78, 5) is 11.2. The molecule has 2 saturated heterocycles. The number of fused-ring (bicyclic) bond motifs is 1. The number of ether oxygens (including phenoxy) is 1. The molecule has 6 nitrogen and oxygen atoms in total. The van der Waals surface area contributed by atoms with Gasteiger partial charge in [-0.15, -0.1) is 0 Å². The van der Waals surface area contributed by atoms with Gasteiger partial charge in [0.1, 0.15) is 4.75 Å². The molecule has 0 radical (unpaired) electrons. The Morgan fingerprint density at radius 1 is 1.19 bits per heavy atom. The molecule has 31 heavy (non-hydrogen) atoms. The highest BCUT2D eigenvalue weighted by Crippen LogP contribution is 2.45. The van der Waals surface area contributed by atoms with E-state index < -0.39 is 26.7 Å². The van der Waals surface area contributed by atoms with Crippen LogP contribution in [-0.4, -0.2) is 67.9 Å². The van der Waals surface area contributed by atoms with Crippen LogP contribution in [0.15, 0.2) is 42.5 Å².